The molecular weight excluding hydrogens is 334 g/mol. The van der Waals surface area contributed by atoms with E-state index in [9.17, 15) is 13.6 Å². The number of nitrogens with zero attached hydrogens (tertiary/aromatic N) is 2. The van der Waals surface area contributed by atoms with Gasteiger partial charge in [-0.15, -0.1) is 0 Å². The third-order valence-corrected chi connectivity index (χ3v) is 5.42. The van der Waals surface area contributed by atoms with Crippen molar-refractivity contribution >= 4 is 5.91 Å². The van der Waals surface area contributed by atoms with Gasteiger partial charge in [0.15, 0.2) is 0 Å². The fraction of sp³-hybridized carbons (Fsp3) is 0.381. The van der Waals surface area contributed by atoms with Gasteiger partial charge >= 0.3 is 0 Å². The lowest BCUT2D eigenvalue weighted by Crippen LogP contribution is -2.73. The van der Waals surface area contributed by atoms with Crippen LogP contribution in [0, 0.1) is 17.0 Å². The van der Waals surface area contributed by atoms with Crippen molar-refractivity contribution in [1.82, 2.24) is 9.80 Å². The average molecular weight is 356 g/mol. The lowest BCUT2D eigenvalue weighted by molar-refractivity contribution is -0.158. The normalized spacial score (nSPS) is 18.5. The monoisotopic (exact) mass is 356 g/mol. The zero-order valence-electron chi connectivity index (χ0n) is 14.6. The van der Waals surface area contributed by atoms with Gasteiger partial charge in [0.1, 0.15) is 11.6 Å². The molecule has 2 aliphatic rings. The minimum absolute atomic E-state index is 0.118. The second-order valence-corrected chi connectivity index (χ2v) is 7.64. The number of rotatable bonds is 5. The minimum atomic E-state index is -0.278. The molecule has 0 N–H and O–H groups in total. The Balaban J connectivity index is 1.19. The van der Waals surface area contributed by atoms with Crippen LogP contribution in [-0.2, 0) is 17.6 Å². The summed E-state index contributed by atoms with van der Waals surface area (Å²) in [5.74, 6) is -0.359. The summed E-state index contributed by atoms with van der Waals surface area (Å²) in [6.45, 7) is 4.65. The topological polar surface area (TPSA) is 23.6 Å². The Labute approximate surface area is 152 Å². The van der Waals surface area contributed by atoms with E-state index >= 15 is 0 Å². The summed E-state index contributed by atoms with van der Waals surface area (Å²) in [6, 6.07) is 12.8. The van der Waals surface area contributed by atoms with Gasteiger partial charge in [0, 0.05) is 38.1 Å². The highest BCUT2D eigenvalue weighted by molar-refractivity contribution is 5.79. The Bertz CT molecular complexity index is 775. The van der Waals surface area contributed by atoms with E-state index in [1.165, 1.54) is 24.3 Å². The van der Waals surface area contributed by atoms with E-state index in [1.54, 1.807) is 12.1 Å². The van der Waals surface area contributed by atoms with E-state index in [0.717, 1.165) is 50.3 Å². The predicted octanol–water partition coefficient (Wildman–Crippen LogP) is 2.89. The molecule has 2 aromatic carbocycles. The standard InChI is InChI=1S/C21H22F2N2O/c22-18-5-1-16(2-6-18)9-10-24-12-21(13-24)14-25(15-21)20(26)11-17-3-7-19(23)8-4-17/h1-8H,9-15H2. The molecule has 4 rings (SSSR count). The molecule has 26 heavy (non-hydrogen) atoms. The number of hydrogen-bond donors (Lipinski definition) is 0. The van der Waals surface area contributed by atoms with Crippen molar-refractivity contribution < 1.29 is 13.6 Å². The van der Waals surface area contributed by atoms with Gasteiger partial charge in [-0.25, -0.2) is 8.78 Å². The second-order valence-electron chi connectivity index (χ2n) is 7.64. The lowest BCUT2D eigenvalue weighted by Gasteiger charge is -2.60. The van der Waals surface area contributed by atoms with Crippen molar-refractivity contribution in [2.75, 3.05) is 32.7 Å². The fourth-order valence-electron chi connectivity index (χ4n) is 4.03. The van der Waals surface area contributed by atoms with Gasteiger partial charge in [-0.2, -0.15) is 0 Å². The van der Waals surface area contributed by atoms with Crippen LogP contribution in [0.4, 0.5) is 8.78 Å². The van der Waals surface area contributed by atoms with Crippen LogP contribution in [-0.4, -0.2) is 48.4 Å². The number of hydrogen-bond acceptors (Lipinski definition) is 2. The lowest BCUT2D eigenvalue weighted by atomic mass is 9.72. The maximum absolute atomic E-state index is 12.9. The van der Waals surface area contributed by atoms with Crippen LogP contribution in [0.1, 0.15) is 11.1 Å². The van der Waals surface area contributed by atoms with E-state index in [0.29, 0.717) is 6.42 Å². The Kier molecular flexibility index (Phi) is 4.49. The summed E-state index contributed by atoms with van der Waals surface area (Å²) in [5, 5.41) is 0. The van der Waals surface area contributed by atoms with Gasteiger partial charge in [-0.05, 0) is 41.8 Å². The predicted molar refractivity (Wildman–Crippen MR) is 95.7 cm³/mol. The molecule has 0 bridgehead atoms. The minimum Gasteiger partial charge on any atom is -0.341 e. The first-order valence-electron chi connectivity index (χ1n) is 9.00. The third kappa shape index (κ3) is 3.63. The summed E-state index contributed by atoms with van der Waals surface area (Å²) in [6.07, 6.45) is 1.26. The first-order chi connectivity index (χ1) is 12.5. The molecule has 0 radical (unpaired) electrons. The van der Waals surface area contributed by atoms with Crippen molar-refractivity contribution in [2.24, 2.45) is 5.41 Å². The van der Waals surface area contributed by atoms with E-state index in [1.807, 2.05) is 17.0 Å². The van der Waals surface area contributed by atoms with E-state index in [4.69, 9.17) is 0 Å². The Morgan fingerprint density at radius 2 is 1.38 bits per heavy atom. The molecule has 1 amide bonds. The number of carbonyl (C=O) groups excluding carboxylic acids is 1. The zero-order valence-corrected chi connectivity index (χ0v) is 14.6. The van der Waals surface area contributed by atoms with Crippen LogP contribution in [0.25, 0.3) is 0 Å². The number of halogens is 2. The highest BCUT2D eigenvalue weighted by Gasteiger charge is 2.52. The van der Waals surface area contributed by atoms with Crippen molar-refractivity contribution in [3.05, 3.63) is 71.3 Å². The first-order valence-corrected chi connectivity index (χ1v) is 9.00. The van der Waals surface area contributed by atoms with Crippen molar-refractivity contribution in [1.29, 1.82) is 0 Å². The molecule has 0 aliphatic carbocycles. The molecule has 0 saturated carbocycles. The Morgan fingerprint density at radius 1 is 0.846 bits per heavy atom. The molecule has 3 nitrogen and oxygen atoms in total. The fourth-order valence-corrected chi connectivity index (χ4v) is 4.03. The molecule has 0 aromatic heterocycles. The number of likely N-dealkylation sites (tertiary alicyclic amines) is 2. The van der Waals surface area contributed by atoms with Crippen molar-refractivity contribution in [3.8, 4) is 0 Å². The SMILES string of the molecule is O=C(Cc1ccc(F)cc1)N1CC2(CN(CCc3ccc(F)cc3)C2)C1. The largest absolute Gasteiger partial charge is 0.341 e. The van der Waals surface area contributed by atoms with Crippen LogP contribution >= 0.6 is 0 Å². The van der Waals surface area contributed by atoms with Crippen LogP contribution in [0.2, 0.25) is 0 Å². The molecular formula is C21H22F2N2O. The van der Waals surface area contributed by atoms with Gasteiger partial charge in [0.25, 0.3) is 0 Å². The molecule has 2 aromatic rings. The van der Waals surface area contributed by atoms with E-state index in [2.05, 4.69) is 4.90 Å². The van der Waals surface area contributed by atoms with Crippen molar-refractivity contribution in [3.63, 3.8) is 0 Å². The van der Waals surface area contributed by atoms with Crippen LogP contribution < -0.4 is 0 Å². The molecule has 2 aliphatic heterocycles. The molecule has 2 heterocycles. The van der Waals surface area contributed by atoms with Crippen molar-refractivity contribution in [2.45, 2.75) is 12.8 Å². The number of carbonyl (C=O) groups is 1. The van der Waals surface area contributed by atoms with Gasteiger partial charge < -0.3 is 9.80 Å². The summed E-state index contributed by atoms with van der Waals surface area (Å²) < 4.78 is 25.8. The van der Waals surface area contributed by atoms with Gasteiger partial charge in [0.2, 0.25) is 5.91 Å². The van der Waals surface area contributed by atoms with E-state index in [-0.39, 0.29) is 23.0 Å². The third-order valence-electron chi connectivity index (χ3n) is 5.42. The quantitative estimate of drug-likeness (QED) is 0.822. The molecule has 2 saturated heterocycles. The summed E-state index contributed by atoms with van der Waals surface area (Å²) >= 11 is 0. The maximum Gasteiger partial charge on any atom is 0.227 e. The highest BCUT2D eigenvalue weighted by atomic mass is 19.1. The van der Waals surface area contributed by atoms with Crippen LogP contribution in [0.15, 0.2) is 48.5 Å². The van der Waals surface area contributed by atoms with Gasteiger partial charge in [-0.3, -0.25) is 4.79 Å². The van der Waals surface area contributed by atoms with E-state index < -0.39 is 0 Å². The Hall–Kier alpha value is -2.27. The van der Waals surface area contributed by atoms with Gasteiger partial charge in [-0.1, -0.05) is 24.3 Å². The van der Waals surface area contributed by atoms with Gasteiger partial charge in [0.05, 0.1) is 6.42 Å². The van der Waals surface area contributed by atoms with Crippen LogP contribution in [0.5, 0.6) is 0 Å². The molecule has 0 atom stereocenters. The summed E-state index contributed by atoms with van der Waals surface area (Å²) in [4.78, 5) is 16.6. The van der Waals surface area contributed by atoms with Crippen LogP contribution in [0.3, 0.4) is 0 Å². The molecule has 5 heteroatoms. The molecule has 1 spiro atoms. The zero-order chi connectivity index (χ0) is 18.1. The first kappa shape index (κ1) is 17.2. The maximum atomic E-state index is 12.9. The summed E-state index contributed by atoms with van der Waals surface area (Å²) in [7, 11) is 0. The number of amides is 1. The highest BCUT2D eigenvalue weighted by Crippen LogP contribution is 2.39. The molecule has 0 unspecified atom stereocenters. The smallest absolute Gasteiger partial charge is 0.227 e. The molecule has 136 valence electrons. The number of benzene rings is 2. The summed E-state index contributed by atoms with van der Waals surface area (Å²) in [5.41, 5.74) is 2.27. The average Bonchev–Trinajstić information content (AvgIpc) is 2.55. The molecule has 2 fully saturated rings. The second kappa shape index (κ2) is 6.80. The Morgan fingerprint density at radius 3 is 1.96 bits per heavy atom.